The molecule has 0 unspecified atom stereocenters. The van der Waals surface area contributed by atoms with Gasteiger partial charge >= 0.3 is 0 Å². The van der Waals surface area contributed by atoms with Crippen LogP contribution in [-0.2, 0) is 27.7 Å². The van der Waals surface area contributed by atoms with Gasteiger partial charge in [-0.05, 0) is 63.2 Å². The summed E-state index contributed by atoms with van der Waals surface area (Å²) in [6, 6.07) is 14.8. The Bertz CT molecular complexity index is 1220. The Labute approximate surface area is 176 Å². The first kappa shape index (κ1) is 20.3. The SMILES string of the molecule is CNS(=O)(=O)c1ccc2c(c1)CCN2C(=O)Cc1c(C)nn(-c2ccccc2)c1C. The molecule has 0 saturated heterocycles. The summed E-state index contributed by atoms with van der Waals surface area (Å²) in [5, 5.41) is 4.62. The van der Waals surface area contributed by atoms with Crippen LogP contribution in [0.2, 0.25) is 0 Å². The number of nitrogens with one attached hydrogen (secondary N) is 1. The lowest BCUT2D eigenvalue weighted by Crippen LogP contribution is -2.30. The first-order valence-electron chi connectivity index (χ1n) is 9.79. The number of benzene rings is 2. The number of anilines is 1. The van der Waals surface area contributed by atoms with E-state index < -0.39 is 10.0 Å². The third kappa shape index (κ3) is 3.53. The van der Waals surface area contributed by atoms with Crippen molar-refractivity contribution >= 4 is 21.6 Å². The molecular weight excluding hydrogens is 400 g/mol. The molecule has 1 aliphatic rings. The second-order valence-corrected chi connectivity index (χ2v) is 9.25. The fraction of sp³-hybridized carbons (Fsp3) is 0.273. The predicted octanol–water partition coefficient (Wildman–Crippen LogP) is 2.53. The maximum Gasteiger partial charge on any atom is 0.240 e. The Hall–Kier alpha value is -2.97. The van der Waals surface area contributed by atoms with Crippen LogP contribution in [0, 0.1) is 13.8 Å². The molecule has 30 heavy (non-hydrogen) atoms. The van der Waals surface area contributed by atoms with Crippen LogP contribution in [0.25, 0.3) is 5.69 Å². The van der Waals surface area contributed by atoms with Crippen molar-refractivity contribution in [2.45, 2.75) is 31.6 Å². The molecule has 2 aromatic carbocycles. The van der Waals surface area contributed by atoms with E-state index in [4.69, 9.17) is 0 Å². The second-order valence-electron chi connectivity index (χ2n) is 7.37. The molecule has 0 atom stereocenters. The Kier molecular flexibility index (Phi) is 5.21. The molecule has 1 amide bonds. The number of hydrogen-bond donors (Lipinski definition) is 1. The van der Waals surface area contributed by atoms with Crippen LogP contribution < -0.4 is 9.62 Å². The molecule has 0 fully saturated rings. The van der Waals surface area contributed by atoms with E-state index in [0.29, 0.717) is 13.0 Å². The van der Waals surface area contributed by atoms with Gasteiger partial charge in [0.1, 0.15) is 0 Å². The highest BCUT2D eigenvalue weighted by molar-refractivity contribution is 7.89. The monoisotopic (exact) mass is 424 g/mol. The normalized spacial score (nSPS) is 13.5. The van der Waals surface area contributed by atoms with Gasteiger partial charge in [0.05, 0.1) is 22.7 Å². The zero-order valence-corrected chi connectivity index (χ0v) is 18.0. The number of para-hydroxylation sites is 1. The van der Waals surface area contributed by atoms with Crippen LogP contribution in [0.4, 0.5) is 5.69 Å². The number of aryl methyl sites for hydroxylation is 1. The summed E-state index contributed by atoms with van der Waals surface area (Å²) in [4.78, 5) is 15.1. The molecule has 8 heteroatoms. The van der Waals surface area contributed by atoms with E-state index in [1.807, 2.05) is 48.9 Å². The summed E-state index contributed by atoms with van der Waals surface area (Å²) in [6.07, 6.45) is 0.885. The lowest BCUT2D eigenvalue weighted by atomic mass is 10.1. The van der Waals surface area contributed by atoms with E-state index in [2.05, 4.69) is 9.82 Å². The zero-order chi connectivity index (χ0) is 21.5. The van der Waals surface area contributed by atoms with Gasteiger partial charge in [0.15, 0.2) is 0 Å². The smallest absolute Gasteiger partial charge is 0.240 e. The molecule has 0 bridgehead atoms. The van der Waals surface area contributed by atoms with Crippen molar-refractivity contribution in [3.8, 4) is 5.69 Å². The molecular formula is C22H24N4O3S. The van der Waals surface area contributed by atoms with Crippen molar-refractivity contribution in [2.75, 3.05) is 18.5 Å². The predicted molar refractivity (Wildman–Crippen MR) is 115 cm³/mol. The summed E-state index contributed by atoms with van der Waals surface area (Å²) in [5.41, 5.74) is 5.31. The van der Waals surface area contributed by atoms with Crippen LogP contribution in [0.3, 0.4) is 0 Å². The van der Waals surface area contributed by atoms with Gasteiger partial charge in [0, 0.05) is 23.5 Å². The molecule has 7 nitrogen and oxygen atoms in total. The summed E-state index contributed by atoms with van der Waals surface area (Å²) in [7, 11) is -2.12. The van der Waals surface area contributed by atoms with Gasteiger partial charge in [-0.2, -0.15) is 5.10 Å². The fourth-order valence-corrected chi connectivity index (χ4v) is 4.70. The number of nitrogens with zero attached hydrogens (tertiary/aromatic N) is 3. The summed E-state index contributed by atoms with van der Waals surface area (Å²) >= 11 is 0. The highest BCUT2D eigenvalue weighted by Gasteiger charge is 2.28. The third-order valence-corrected chi connectivity index (χ3v) is 7.01. The molecule has 0 aliphatic carbocycles. The van der Waals surface area contributed by atoms with E-state index >= 15 is 0 Å². The minimum Gasteiger partial charge on any atom is -0.312 e. The van der Waals surface area contributed by atoms with E-state index in [0.717, 1.165) is 33.9 Å². The zero-order valence-electron chi connectivity index (χ0n) is 17.2. The van der Waals surface area contributed by atoms with Crippen molar-refractivity contribution in [3.63, 3.8) is 0 Å². The van der Waals surface area contributed by atoms with Crippen LogP contribution >= 0.6 is 0 Å². The maximum atomic E-state index is 13.1. The Morgan fingerprint density at radius 1 is 1.13 bits per heavy atom. The average molecular weight is 425 g/mol. The molecule has 0 saturated carbocycles. The first-order chi connectivity index (χ1) is 14.3. The Morgan fingerprint density at radius 3 is 2.57 bits per heavy atom. The largest absolute Gasteiger partial charge is 0.312 e. The molecule has 1 N–H and O–H groups in total. The molecule has 4 rings (SSSR count). The summed E-state index contributed by atoms with van der Waals surface area (Å²) in [5.74, 6) is -0.0169. The third-order valence-electron chi connectivity index (χ3n) is 5.60. The molecule has 3 aromatic rings. The minimum atomic E-state index is -3.51. The molecule has 0 spiro atoms. The van der Waals surface area contributed by atoms with Gasteiger partial charge in [-0.25, -0.2) is 17.8 Å². The van der Waals surface area contributed by atoms with Gasteiger partial charge in [-0.15, -0.1) is 0 Å². The van der Waals surface area contributed by atoms with Crippen LogP contribution in [0.1, 0.15) is 22.5 Å². The fourth-order valence-electron chi connectivity index (χ4n) is 3.92. The van der Waals surface area contributed by atoms with E-state index in [1.54, 1.807) is 23.1 Å². The highest BCUT2D eigenvalue weighted by Crippen LogP contribution is 2.31. The molecule has 1 aromatic heterocycles. The topological polar surface area (TPSA) is 84.3 Å². The van der Waals surface area contributed by atoms with Crippen molar-refractivity contribution in [3.05, 3.63) is 71.0 Å². The van der Waals surface area contributed by atoms with Crippen LogP contribution in [-0.4, -0.2) is 37.7 Å². The minimum absolute atomic E-state index is 0.0169. The number of carbonyl (C=O) groups is 1. The van der Waals surface area contributed by atoms with Gasteiger partial charge in [-0.1, -0.05) is 18.2 Å². The molecule has 0 radical (unpaired) electrons. The average Bonchev–Trinajstić information content (AvgIpc) is 3.30. The van der Waals surface area contributed by atoms with Crippen molar-refractivity contribution in [1.29, 1.82) is 0 Å². The molecule has 1 aliphatic heterocycles. The van der Waals surface area contributed by atoms with Gasteiger partial charge in [0.25, 0.3) is 0 Å². The van der Waals surface area contributed by atoms with Gasteiger partial charge in [0.2, 0.25) is 15.9 Å². The number of hydrogen-bond acceptors (Lipinski definition) is 4. The van der Waals surface area contributed by atoms with Crippen molar-refractivity contribution < 1.29 is 13.2 Å². The summed E-state index contributed by atoms with van der Waals surface area (Å²) in [6.45, 7) is 4.44. The lowest BCUT2D eigenvalue weighted by Gasteiger charge is -2.18. The Balaban J connectivity index is 1.59. The van der Waals surface area contributed by atoms with Crippen molar-refractivity contribution in [2.24, 2.45) is 0 Å². The van der Waals surface area contributed by atoms with E-state index in [-0.39, 0.29) is 17.2 Å². The van der Waals surface area contributed by atoms with Crippen LogP contribution in [0.15, 0.2) is 53.4 Å². The molecule has 2 heterocycles. The standard InChI is InChI=1S/C22H24N4O3S/c1-15-20(16(2)26(24-15)18-7-5-4-6-8-18)14-22(27)25-12-11-17-13-19(9-10-21(17)25)30(28,29)23-3/h4-10,13,23H,11-12,14H2,1-3H3. The maximum absolute atomic E-state index is 13.1. The van der Waals surface area contributed by atoms with E-state index in [9.17, 15) is 13.2 Å². The van der Waals surface area contributed by atoms with Gasteiger partial charge in [-0.3, -0.25) is 4.79 Å². The number of carbonyl (C=O) groups excluding carboxylic acids is 1. The van der Waals surface area contributed by atoms with Gasteiger partial charge < -0.3 is 4.90 Å². The summed E-state index contributed by atoms with van der Waals surface area (Å²) < 4.78 is 28.3. The quantitative estimate of drug-likeness (QED) is 0.682. The Morgan fingerprint density at radius 2 is 1.87 bits per heavy atom. The number of amides is 1. The number of sulfonamides is 1. The highest BCUT2D eigenvalue weighted by atomic mass is 32.2. The van der Waals surface area contributed by atoms with E-state index in [1.165, 1.54) is 7.05 Å². The first-order valence-corrected chi connectivity index (χ1v) is 11.3. The lowest BCUT2D eigenvalue weighted by molar-refractivity contribution is -0.117. The number of aromatic nitrogens is 2. The number of rotatable bonds is 5. The second kappa shape index (κ2) is 7.70. The van der Waals surface area contributed by atoms with Crippen LogP contribution in [0.5, 0.6) is 0 Å². The van der Waals surface area contributed by atoms with Crippen molar-refractivity contribution in [1.82, 2.24) is 14.5 Å². The number of fused-ring (bicyclic) bond motifs is 1. The molecule has 156 valence electrons.